The Morgan fingerprint density at radius 2 is 1.38 bits per heavy atom. The molecule has 182 valence electrons. The summed E-state index contributed by atoms with van der Waals surface area (Å²) in [6.45, 7) is 1.58. The number of carboxylic acid groups (broad SMARTS) is 3. The zero-order valence-corrected chi connectivity index (χ0v) is 17.7. The van der Waals surface area contributed by atoms with E-state index in [1.54, 1.807) is 0 Å². The van der Waals surface area contributed by atoms with Gasteiger partial charge in [-0.1, -0.05) is 0 Å². The molecule has 0 aromatic rings. The van der Waals surface area contributed by atoms with E-state index in [9.17, 15) is 33.9 Å². The number of carbonyl (C=O) groups is 6. The molecule has 0 aromatic heterocycles. The molecule has 3 amide bonds. The maximum absolute atomic E-state index is 12.4. The fraction of sp³-hybridized carbons (Fsp3) is 0.667. The van der Waals surface area contributed by atoms with E-state index >= 15 is 0 Å². The van der Waals surface area contributed by atoms with Crippen LogP contribution in [0.2, 0.25) is 0 Å². The third kappa shape index (κ3) is 11.8. The highest BCUT2D eigenvalue weighted by molar-refractivity contribution is 5.95. The fourth-order valence-corrected chi connectivity index (χ4v) is 2.50. The molecule has 14 heteroatoms. The largest absolute Gasteiger partial charge is 0.481 e. The maximum Gasteiger partial charge on any atom is 0.326 e. The van der Waals surface area contributed by atoms with Crippen LogP contribution in [0.15, 0.2) is 0 Å². The monoisotopic (exact) mass is 461 g/mol. The summed E-state index contributed by atoms with van der Waals surface area (Å²) in [6, 6.07) is -5.32. The van der Waals surface area contributed by atoms with Crippen molar-refractivity contribution >= 4 is 35.6 Å². The second-order valence-electron chi connectivity index (χ2n) is 7.11. The Balaban J connectivity index is 5.05. The van der Waals surface area contributed by atoms with Crippen molar-refractivity contribution in [3.05, 3.63) is 0 Å². The minimum absolute atomic E-state index is 0.0622. The molecule has 10 N–H and O–H groups in total. The zero-order valence-electron chi connectivity index (χ0n) is 17.7. The van der Waals surface area contributed by atoms with Crippen LogP contribution in [0.4, 0.5) is 0 Å². The Kier molecular flexibility index (Phi) is 13.2. The van der Waals surface area contributed by atoms with Crippen molar-refractivity contribution < 1.29 is 44.1 Å². The Labute approximate surface area is 184 Å². The average molecular weight is 461 g/mol. The fourth-order valence-electron chi connectivity index (χ4n) is 2.50. The molecule has 0 spiro atoms. The molecule has 0 unspecified atom stereocenters. The highest BCUT2D eigenvalue weighted by Gasteiger charge is 2.30. The topological polar surface area (TPSA) is 251 Å². The smallest absolute Gasteiger partial charge is 0.326 e. The first kappa shape index (κ1) is 28.7. The van der Waals surface area contributed by atoms with Gasteiger partial charge in [0.15, 0.2) is 0 Å². The van der Waals surface area contributed by atoms with Crippen molar-refractivity contribution in [2.24, 2.45) is 11.5 Å². The molecule has 0 aliphatic carbocycles. The van der Waals surface area contributed by atoms with Gasteiger partial charge in [0.1, 0.15) is 18.1 Å². The van der Waals surface area contributed by atoms with E-state index in [2.05, 4.69) is 16.0 Å². The molecule has 0 heterocycles. The number of amides is 3. The van der Waals surface area contributed by atoms with E-state index in [1.807, 2.05) is 0 Å². The Bertz CT molecular complexity index is 700. The first-order valence-corrected chi connectivity index (χ1v) is 9.92. The van der Waals surface area contributed by atoms with E-state index in [1.165, 1.54) is 6.92 Å². The first-order valence-electron chi connectivity index (χ1n) is 9.92. The Hall–Kier alpha value is -3.26. The minimum Gasteiger partial charge on any atom is -0.481 e. The lowest BCUT2D eigenvalue weighted by Crippen LogP contribution is -2.56. The van der Waals surface area contributed by atoms with Crippen LogP contribution in [0.5, 0.6) is 0 Å². The highest BCUT2D eigenvalue weighted by Crippen LogP contribution is 2.03. The summed E-state index contributed by atoms with van der Waals surface area (Å²) in [4.78, 5) is 69.7. The molecule has 0 saturated carbocycles. The number of aliphatic carboxylic acids is 3. The molecule has 4 atom stereocenters. The maximum atomic E-state index is 12.4. The summed E-state index contributed by atoms with van der Waals surface area (Å²) in [6.07, 6.45) is -0.347. The van der Waals surface area contributed by atoms with Gasteiger partial charge in [-0.25, -0.2) is 4.79 Å². The van der Waals surface area contributed by atoms with Gasteiger partial charge in [-0.15, -0.1) is 0 Å². The molecular formula is C18H31N5O9. The van der Waals surface area contributed by atoms with Gasteiger partial charge in [0, 0.05) is 6.42 Å². The van der Waals surface area contributed by atoms with Gasteiger partial charge in [0.25, 0.3) is 0 Å². The van der Waals surface area contributed by atoms with Gasteiger partial charge in [0.05, 0.1) is 12.5 Å². The number of nitrogens with one attached hydrogen (secondary N) is 3. The van der Waals surface area contributed by atoms with E-state index < -0.39 is 66.2 Å². The quantitative estimate of drug-likeness (QED) is 0.110. The number of rotatable bonds is 16. The van der Waals surface area contributed by atoms with Crippen LogP contribution < -0.4 is 27.4 Å². The molecule has 32 heavy (non-hydrogen) atoms. The summed E-state index contributed by atoms with van der Waals surface area (Å²) in [5, 5.41) is 33.5. The number of nitrogens with two attached hydrogens (primary N) is 2. The van der Waals surface area contributed by atoms with E-state index in [4.69, 9.17) is 21.7 Å². The molecule has 0 aliphatic heterocycles. The van der Waals surface area contributed by atoms with Crippen LogP contribution in [0, 0.1) is 0 Å². The first-order chi connectivity index (χ1) is 14.9. The number of hydrogen-bond donors (Lipinski definition) is 8. The Morgan fingerprint density at radius 3 is 1.88 bits per heavy atom. The zero-order chi connectivity index (χ0) is 24.8. The van der Waals surface area contributed by atoms with Crippen LogP contribution in [0.3, 0.4) is 0 Å². The van der Waals surface area contributed by atoms with Gasteiger partial charge in [-0.2, -0.15) is 0 Å². The standard InChI is InChI=1S/C18H31N5O9/c1-9(21-16(29)10(20)5-6-13(24)25)15(28)23-12(8-14(26)27)17(30)22-11(18(31)32)4-2-3-7-19/h9-12H,2-8,19-20H2,1H3,(H,21,29)(H,22,30)(H,23,28)(H,24,25)(H,26,27)(H,31,32)/t9-,10-,11-,12-/m0/s1. The normalized spacial score (nSPS) is 14.3. The Morgan fingerprint density at radius 1 is 0.781 bits per heavy atom. The number of unbranched alkanes of at least 4 members (excludes halogenated alkanes) is 1. The van der Waals surface area contributed by atoms with Crippen LogP contribution in [0.1, 0.15) is 45.4 Å². The molecule has 0 fully saturated rings. The van der Waals surface area contributed by atoms with Crippen LogP contribution in [0.25, 0.3) is 0 Å². The third-order valence-corrected chi connectivity index (χ3v) is 4.33. The predicted molar refractivity (Wildman–Crippen MR) is 109 cm³/mol. The van der Waals surface area contributed by atoms with Crippen molar-refractivity contribution in [1.29, 1.82) is 0 Å². The number of carboxylic acids is 3. The predicted octanol–water partition coefficient (Wildman–Crippen LogP) is -2.66. The van der Waals surface area contributed by atoms with Crippen LogP contribution in [-0.4, -0.2) is 81.7 Å². The molecule has 0 aromatic carbocycles. The third-order valence-electron chi connectivity index (χ3n) is 4.33. The number of carbonyl (C=O) groups excluding carboxylic acids is 3. The molecule has 0 rings (SSSR count). The summed E-state index contributed by atoms with van der Waals surface area (Å²) in [7, 11) is 0. The summed E-state index contributed by atoms with van der Waals surface area (Å²) in [5.74, 6) is -6.64. The molecule has 0 aliphatic rings. The molecule has 0 bridgehead atoms. The highest BCUT2D eigenvalue weighted by atomic mass is 16.4. The SMILES string of the molecule is C[C@H](NC(=O)[C@@H](N)CCC(=O)O)C(=O)N[C@@H](CC(=O)O)C(=O)N[C@@H](CCCCN)C(=O)O. The number of hydrogen-bond acceptors (Lipinski definition) is 8. The summed E-state index contributed by atoms with van der Waals surface area (Å²) >= 11 is 0. The van der Waals surface area contributed by atoms with Crippen LogP contribution >= 0.6 is 0 Å². The lowest BCUT2D eigenvalue weighted by Gasteiger charge is -2.23. The van der Waals surface area contributed by atoms with Gasteiger partial charge < -0.3 is 42.7 Å². The van der Waals surface area contributed by atoms with Gasteiger partial charge in [-0.3, -0.25) is 24.0 Å². The van der Waals surface area contributed by atoms with Crippen molar-refractivity contribution in [2.45, 2.75) is 69.6 Å². The van der Waals surface area contributed by atoms with Gasteiger partial charge >= 0.3 is 17.9 Å². The van der Waals surface area contributed by atoms with Crippen molar-refractivity contribution in [3.63, 3.8) is 0 Å². The second-order valence-corrected chi connectivity index (χ2v) is 7.11. The summed E-state index contributed by atoms with van der Waals surface area (Å²) < 4.78 is 0. The summed E-state index contributed by atoms with van der Waals surface area (Å²) in [5.41, 5.74) is 10.9. The van der Waals surface area contributed by atoms with Crippen LogP contribution in [-0.2, 0) is 28.8 Å². The van der Waals surface area contributed by atoms with Crippen molar-refractivity contribution in [3.8, 4) is 0 Å². The van der Waals surface area contributed by atoms with E-state index in [0.29, 0.717) is 19.4 Å². The lowest BCUT2D eigenvalue weighted by molar-refractivity contribution is -0.144. The minimum atomic E-state index is -1.60. The molecule has 0 radical (unpaired) electrons. The second kappa shape index (κ2) is 14.7. The lowest BCUT2D eigenvalue weighted by atomic mass is 10.1. The molecule has 0 saturated heterocycles. The van der Waals surface area contributed by atoms with Gasteiger partial charge in [-0.05, 0) is 39.2 Å². The van der Waals surface area contributed by atoms with E-state index in [0.717, 1.165) is 0 Å². The van der Waals surface area contributed by atoms with Crippen molar-refractivity contribution in [1.82, 2.24) is 16.0 Å². The average Bonchev–Trinajstić information content (AvgIpc) is 2.69. The van der Waals surface area contributed by atoms with Crippen molar-refractivity contribution in [2.75, 3.05) is 6.54 Å². The molecular weight excluding hydrogens is 430 g/mol. The van der Waals surface area contributed by atoms with Gasteiger partial charge in [0.2, 0.25) is 17.7 Å². The van der Waals surface area contributed by atoms with E-state index in [-0.39, 0.29) is 19.3 Å². The molecule has 14 nitrogen and oxygen atoms in total.